The number of hydrogen-bond donors (Lipinski definition) is 1. The molecule has 0 radical (unpaired) electrons. The van der Waals surface area contributed by atoms with Crippen LogP contribution in [0.2, 0.25) is 0 Å². The van der Waals surface area contributed by atoms with Gasteiger partial charge in [0.25, 0.3) is 0 Å². The zero-order valence-electron chi connectivity index (χ0n) is 13.0. The lowest BCUT2D eigenvalue weighted by molar-refractivity contribution is -0.136. The molecule has 120 valence electrons. The molecule has 0 aliphatic heterocycles. The van der Waals surface area contributed by atoms with Gasteiger partial charge in [-0.2, -0.15) is 13.2 Å². The Morgan fingerprint density at radius 1 is 1.25 bits per heavy atom. The normalized spacial score (nSPS) is 25.8. The van der Waals surface area contributed by atoms with Gasteiger partial charge in [-0.1, -0.05) is 27.7 Å². The monoisotopic (exact) mass is 295 g/mol. The van der Waals surface area contributed by atoms with E-state index in [0.29, 0.717) is 24.9 Å². The topological polar surface area (TPSA) is 21.3 Å². The molecule has 0 aromatic heterocycles. The van der Waals surface area contributed by atoms with E-state index in [2.05, 4.69) is 33.0 Å². The van der Waals surface area contributed by atoms with Crippen molar-refractivity contribution in [2.24, 2.45) is 11.3 Å². The fraction of sp³-hybridized carbons (Fsp3) is 1.00. The van der Waals surface area contributed by atoms with Crippen molar-refractivity contribution in [2.75, 3.05) is 13.2 Å². The summed E-state index contributed by atoms with van der Waals surface area (Å²) in [5.74, 6) is 0.528. The van der Waals surface area contributed by atoms with Crippen LogP contribution in [-0.2, 0) is 4.74 Å². The highest BCUT2D eigenvalue weighted by Crippen LogP contribution is 2.42. The lowest BCUT2D eigenvalue weighted by Gasteiger charge is -2.52. The summed E-state index contributed by atoms with van der Waals surface area (Å²) in [7, 11) is 0. The van der Waals surface area contributed by atoms with E-state index < -0.39 is 12.6 Å². The molecule has 0 bridgehead atoms. The van der Waals surface area contributed by atoms with E-state index in [4.69, 9.17) is 4.74 Å². The first-order valence-corrected chi connectivity index (χ1v) is 7.54. The Balaban J connectivity index is 2.14. The Hall–Kier alpha value is -0.290. The first-order chi connectivity index (χ1) is 9.13. The Morgan fingerprint density at radius 2 is 1.90 bits per heavy atom. The van der Waals surface area contributed by atoms with Gasteiger partial charge in [0, 0.05) is 24.5 Å². The number of nitrogens with one attached hydrogen (secondary N) is 1. The molecule has 0 heterocycles. The lowest BCUT2D eigenvalue weighted by atomic mass is 9.64. The number of halogens is 3. The number of rotatable bonds is 8. The zero-order chi connectivity index (χ0) is 15.4. The minimum atomic E-state index is -4.02. The van der Waals surface area contributed by atoms with E-state index in [9.17, 15) is 13.2 Å². The molecule has 5 heteroatoms. The van der Waals surface area contributed by atoms with E-state index in [0.717, 1.165) is 13.0 Å². The molecule has 0 aromatic rings. The minimum absolute atomic E-state index is 0.0684. The van der Waals surface area contributed by atoms with E-state index in [1.165, 1.54) is 0 Å². The fourth-order valence-corrected chi connectivity index (χ4v) is 2.55. The number of alkyl halides is 3. The molecular weight excluding hydrogens is 267 g/mol. The maximum atomic E-state index is 12.0. The van der Waals surface area contributed by atoms with Crippen LogP contribution in [0, 0.1) is 11.3 Å². The average molecular weight is 295 g/mol. The van der Waals surface area contributed by atoms with Crippen LogP contribution in [0.5, 0.6) is 0 Å². The van der Waals surface area contributed by atoms with Crippen molar-refractivity contribution >= 4 is 0 Å². The van der Waals surface area contributed by atoms with Crippen molar-refractivity contribution in [1.82, 2.24) is 5.32 Å². The van der Waals surface area contributed by atoms with Crippen molar-refractivity contribution in [3.8, 4) is 0 Å². The highest BCUT2D eigenvalue weighted by Gasteiger charge is 2.48. The van der Waals surface area contributed by atoms with Crippen molar-refractivity contribution in [3.63, 3.8) is 0 Å². The van der Waals surface area contributed by atoms with Crippen molar-refractivity contribution in [3.05, 3.63) is 0 Å². The summed E-state index contributed by atoms with van der Waals surface area (Å²) in [6, 6.07) is 0.352. The summed E-state index contributed by atoms with van der Waals surface area (Å²) in [4.78, 5) is 0. The Morgan fingerprint density at radius 3 is 2.40 bits per heavy atom. The third-order valence-corrected chi connectivity index (χ3v) is 4.09. The molecule has 2 unspecified atom stereocenters. The molecule has 1 aliphatic rings. The second-order valence-corrected chi connectivity index (χ2v) is 6.85. The number of unbranched alkanes of at least 4 members (excludes halogenated alkanes) is 1. The van der Waals surface area contributed by atoms with E-state index in [1.807, 2.05) is 0 Å². The molecule has 1 fully saturated rings. The molecule has 1 rings (SSSR count). The van der Waals surface area contributed by atoms with E-state index in [1.54, 1.807) is 0 Å². The quantitative estimate of drug-likeness (QED) is 0.679. The minimum Gasteiger partial charge on any atom is -0.377 e. The summed E-state index contributed by atoms with van der Waals surface area (Å²) in [6.07, 6.45) is -2.70. The van der Waals surface area contributed by atoms with Gasteiger partial charge >= 0.3 is 6.18 Å². The molecule has 20 heavy (non-hydrogen) atoms. The zero-order valence-corrected chi connectivity index (χ0v) is 13.0. The summed E-state index contributed by atoms with van der Waals surface area (Å²) in [6.45, 7) is 10.0. The molecule has 1 saturated carbocycles. The third kappa shape index (κ3) is 5.60. The van der Waals surface area contributed by atoms with Gasteiger partial charge in [0.2, 0.25) is 0 Å². The summed E-state index contributed by atoms with van der Waals surface area (Å²) < 4.78 is 41.9. The largest absolute Gasteiger partial charge is 0.389 e. The molecule has 0 amide bonds. The van der Waals surface area contributed by atoms with Crippen molar-refractivity contribution < 1.29 is 17.9 Å². The van der Waals surface area contributed by atoms with Crippen molar-refractivity contribution in [1.29, 1.82) is 0 Å². The second-order valence-electron chi connectivity index (χ2n) is 6.85. The van der Waals surface area contributed by atoms with Crippen LogP contribution in [0.25, 0.3) is 0 Å². The SMILES string of the molecule is CC(C)COC1CC(NCCCCC(F)(F)F)C1(C)C. The lowest BCUT2D eigenvalue weighted by Crippen LogP contribution is -2.61. The first-order valence-electron chi connectivity index (χ1n) is 7.54. The van der Waals surface area contributed by atoms with Crippen LogP contribution in [0.1, 0.15) is 53.4 Å². The molecule has 0 spiro atoms. The summed E-state index contributed by atoms with van der Waals surface area (Å²) >= 11 is 0. The highest BCUT2D eigenvalue weighted by atomic mass is 19.4. The maximum absolute atomic E-state index is 12.0. The molecular formula is C15H28F3NO. The Labute approximate surface area is 120 Å². The van der Waals surface area contributed by atoms with Gasteiger partial charge in [-0.25, -0.2) is 0 Å². The van der Waals surface area contributed by atoms with Gasteiger partial charge in [-0.15, -0.1) is 0 Å². The van der Waals surface area contributed by atoms with Gasteiger partial charge in [0.05, 0.1) is 6.10 Å². The second kappa shape index (κ2) is 7.12. The van der Waals surface area contributed by atoms with Crippen LogP contribution < -0.4 is 5.32 Å². The van der Waals surface area contributed by atoms with Crippen LogP contribution in [0.4, 0.5) is 13.2 Å². The van der Waals surface area contributed by atoms with Gasteiger partial charge in [-0.3, -0.25) is 0 Å². The molecule has 0 aromatic carbocycles. The van der Waals surface area contributed by atoms with E-state index >= 15 is 0 Å². The predicted octanol–water partition coefficient (Wildman–Crippen LogP) is 4.15. The van der Waals surface area contributed by atoms with Gasteiger partial charge < -0.3 is 10.1 Å². The van der Waals surface area contributed by atoms with Crippen LogP contribution in [-0.4, -0.2) is 31.5 Å². The van der Waals surface area contributed by atoms with Crippen LogP contribution in [0.15, 0.2) is 0 Å². The summed E-state index contributed by atoms with van der Waals surface area (Å²) in [5.41, 5.74) is 0.0684. The van der Waals surface area contributed by atoms with Gasteiger partial charge in [0.15, 0.2) is 0 Å². The van der Waals surface area contributed by atoms with E-state index in [-0.39, 0.29) is 17.9 Å². The predicted molar refractivity (Wildman–Crippen MR) is 74.7 cm³/mol. The average Bonchev–Trinajstić information content (AvgIpc) is 2.28. The molecule has 2 atom stereocenters. The maximum Gasteiger partial charge on any atom is 0.389 e. The van der Waals surface area contributed by atoms with Crippen LogP contribution >= 0.6 is 0 Å². The Kier molecular flexibility index (Phi) is 6.32. The third-order valence-electron chi connectivity index (χ3n) is 4.09. The van der Waals surface area contributed by atoms with Gasteiger partial charge in [-0.05, 0) is 31.7 Å². The Bertz CT molecular complexity index is 289. The molecule has 0 saturated heterocycles. The standard InChI is InChI=1S/C15H28F3NO/c1-11(2)10-20-13-9-12(14(13,3)4)19-8-6-5-7-15(16,17)18/h11-13,19H,5-10H2,1-4H3. The summed E-state index contributed by atoms with van der Waals surface area (Å²) in [5, 5.41) is 3.37. The first kappa shape index (κ1) is 17.8. The van der Waals surface area contributed by atoms with Crippen molar-refractivity contribution in [2.45, 2.75) is 71.7 Å². The van der Waals surface area contributed by atoms with Crippen LogP contribution in [0.3, 0.4) is 0 Å². The number of hydrogen-bond acceptors (Lipinski definition) is 2. The van der Waals surface area contributed by atoms with Gasteiger partial charge in [0.1, 0.15) is 0 Å². The molecule has 1 N–H and O–H groups in total. The smallest absolute Gasteiger partial charge is 0.377 e. The highest BCUT2D eigenvalue weighted by molar-refractivity contribution is 5.02. The number of ether oxygens (including phenoxy) is 1. The molecule has 1 aliphatic carbocycles. The molecule has 2 nitrogen and oxygen atoms in total. The fourth-order valence-electron chi connectivity index (χ4n) is 2.55.